The largest absolute Gasteiger partial charge is 0.506 e. The van der Waals surface area contributed by atoms with Crippen molar-refractivity contribution in [3.63, 3.8) is 0 Å². The summed E-state index contributed by atoms with van der Waals surface area (Å²) in [7, 11) is 1.33. The van der Waals surface area contributed by atoms with Gasteiger partial charge in [-0.05, 0) is 0 Å². The third kappa shape index (κ3) is 1.91. The minimum Gasteiger partial charge on any atom is -0.506 e. The molecule has 0 saturated carbocycles. The average molecular weight is 256 g/mol. The second kappa shape index (κ2) is 4.67. The number of hydrogen-bond acceptors (Lipinski definition) is 6. The first kappa shape index (κ1) is 12.4. The molecule has 3 N–H and O–H groups in total. The molecule has 0 amide bonds. The van der Waals surface area contributed by atoms with Gasteiger partial charge in [0, 0.05) is 19.4 Å². The first-order valence-electron chi connectivity index (χ1n) is 5.12. The molecule has 1 unspecified atom stereocenters. The highest BCUT2D eigenvalue weighted by atomic mass is 16.6. The summed E-state index contributed by atoms with van der Waals surface area (Å²) in [5, 5.41) is 18.7. The van der Waals surface area contributed by atoms with Gasteiger partial charge in [0.25, 0.3) is 5.56 Å². The van der Waals surface area contributed by atoms with Crippen LogP contribution in [-0.4, -0.2) is 39.6 Å². The van der Waals surface area contributed by atoms with Crippen LogP contribution in [0.2, 0.25) is 0 Å². The lowest BCUT2D eigenvalue weighted by Crippen LogP contribution is -2.36. The van der Waals surface area contributed by atoms with Gasteiger partial charge in [0.1, 0.15) is 6.61 Å². The van der Waals surface area contributed by atoms with E-state index >= 15 is 0 Å². The summed E-state index contributed by atoms with van der Waals surface area (Å²) in [6.07, 6.45) is -0.664. The van der Waals surface area contributed by atoms with Crippen LogP contribution in [0.15, 0.2) is 33.4 Å². The topological polar surface area (TPSA) is 114 Å². The normalized spacial score (nSPS) is 23.2. The Hall–Kier alpha value is -2.06. The highest BCUT2D eigenvalue weighted by Gasteiger charge is 2.38. The van der Waals surface area contributed by atoms with E-state index in [4.69, 9.17) is 14.6 Å². The van der Waals surface area contributed by atoms with Gasteiger partial charge in [-0.2, -0.15) is 0 Å². The van der Waals surface area contributed by atoms with Crippen LogP contribution >= 0.6 is 0 Å². The molecule has 18 heavy (non-hydrogen) atoms. The summed E-state index contributed by atoms with van der Waals surface area (Å²) < 4.78 is 11.3. The third-order valence-electron chi connectivity index (χ3n) is 2.60. The number of aromatic nitrogens is 2. The maximum absolute atomic E-state index is 11.6. The summed E-state index contributed by atoms with van der Waals surface area (Å²) in [6, 6.07) is 1.14. The second-order valence-electron chi connectivity index (χ2n) is 3.65. The summed E-state index contributed by atoms with van der Waals surface area (Å²) in [5.74, 6) is -0.340. The third-order valence-corrected chi connectivity index (χ3v) is 2.60. The van der Waals surface area contributed by atoms with Gasteiger partial charge in [0.05, 0.1) is 0 Å². The molecule has 2 heterocycles. The second-order valence-corrected chi connectivity index (χ2v) is 3.65. The molecule has 1 aromatic rings. The molecule has 8 heteroatoms. The van der Waals surface area contributed by atoms with Crippen LogP contribution < -0.4 is 11.2 Å². The molecule has 1 aliphatic heterocycles. The molecule has 1 aliphatic rings. The molecule has 0 saturated heterocycles. The van der Waals surface area contributed by atoms with Crippen molar-refractivity contribution in [1.82, 2.24) is 9.55 Å². The minimum absolute atomic E-state index is 0.0649. The van der Waals surface area contributed by atoms with Crippen molar-refractivity contribution < 1.29 is 19.7 Å². The van der Waals surface area contributed by atoms with Gasteiger partial charge in [-0.25, -0.2) is 4.79 Å². The Balaban J connectivity index is 2.41. The van der Waals surface area contributed by atoms with Crippen molar-refractivity contribution in [2.24, 2.45) is 0 Å². The van der Waals surface area contributed by atoms with Gasteiger partial charge in [0.15, 0.2) is 17.6 Å². The SMILES string of the molecule is COC1C(O)=C(CO)O[C@H]1n1ccc(=O)[nH]c1=O. The van der Waals surface area contributed by atoms with Crippen molar-refractivity contribution in [2.45, 2.75) is 12.3 Å². The molecule has 2 rings (SSSR count). The smallest absolute Gasteiger partial charge is 0.331 e. The molecule has 8 nitrogen and oxygen atoms in total. The number of aliphatic hydroxyl groups is 2. The fourth-order valence-corrected chi connectivity index (χ4v) is 1.74. The molecule has 1 aromatic heterocycles. The number of rotatable bonds is 3. The Morgan fingerprint density at radius 3 is 2.83 bits per heavy atom. The van der Waals surface area contributed by atoms with E-state index in [-0.39, 0.29) is 11.5 Å². The highest BCUT2D eigenvalue weighted by Crippen LogP contribution is 2.31. The lowest BCUT2D eigenvalue weighted by molar-refractivity contribution is -0.0374. The Morgan fingerprint density at radius 2 is 2.28 bits per heavy atom. The van der Waals surface area contributed by atoms with Gasteiger partial charge in [-0.15, -0.1) is 0 Å². The fraction of sp³-hybridized carbons (Fsp3) is 0.400. The van der Waals surface area contributed by atoms with Crippen LogP contribution in [0.25, 0.3) is 0 Å². The van der Waals surface area contributed by atoms with E-state index in [1.165, 1.54) is 13.3 Å². The maximum atomic E-state index is 11.6. The number of methoxy groups -OCH3 is 1. The number of ether oxygens (including phenoxy) is 2. The van der Waals surface area contributed by atoms with E-state index in [2.05, 4.69) is 4.98 Å². The Morgan fingerprint density at radius 1 is 1.56 bits per heavy atom. The van der Waals surface area contributed by atoms with Gasteiger partial charge in [-0.1, -0.05) is 0 Å². The number of aliphatic hydroxyl groups excluding tert-OH is 2. The molecule has 0 aliphatic carbocycles. The quantitative estimate of drug-likeness (QED) is 0.628. The zero-order chi connectivity index (χ0) is 13.3. The van der Waals surface area contributed by atoms with Gasteiger partial charge in [0.2, 0.25) is 6.23 Å². The summed E-state index contributed by atoms with van der Waals surface area (Å²) in [6.45, 7) is -0.514. The number of H-pyrrole nitrogens is 1. The van der Waals surface area contributed by atoms with E-state index in [9.17, 15) is 14.7 Å². The van der Waals surface area contributed by atoms with Crippen LogP contribution in [0.4, 0.5) is 0 Å². The highest BCUT2D eigenvalue weighted by molar-refractivity contribution is 5.14. The Labute approximate surface area is 101 Å². The Kier molecular flexibility index (Phi) is 3.21. The Bertz CT molecular complexity index is 587. The lowest BCUT2D eigenvalue weighted by atomic mass is 10.2. The summed E-state index contributed by atoms with van der Waals surface area (Å²) >= 11 is 0. The number of hydrogen-bond donors (Lipinski definition) is 3. The van der Waals surface area contributed by atoms with Crippen molar-refractivity contribution in [1.29, 1.82) is 0 Å². The fourth-order valence-electron chi connectivity index (χ4n) is 1.74. The monoisotopic (exact) mass is 256 g/mol. The van der Waals surface area contributed by atoms with E-state index in [0.717, 1.165) is 10.6 Å². The van der Waals surface area contributed by atoms with E-state index < -0.39 is 30.2 Å². The number of aromatic amines is 1. The van der Waals surface area contributed by atoms with Crippen molar-refractivity contribution in [2.75, 3.05) is 13.7 Å². The van der Waals surface area contributed by atoms with Crippen molar-refractivity contribution in [3.05, 3.63) is 44.6 Å². The maximum Gasteiger partial charge on any atom is 0.331 e. The molecular formula is C10H12N2O6. The van der Waals surface area contributed by atoms with Crippen molar-refractivity contribution in [3.8, 4) is 0 Å². The predicted molar refractivity (Wildman–Crippen MR) is 59.0 cm³/mol. The average Bonchev–Trinajstić information content (AvgIpc) is 2.65. The van der Waals surface area contributed by atoms with Crippen LogP contribution in [0, 0.1) is 0 Å². The molecule has 0 radical (unpaired) electrons. The zero-order valence-electron chi connectivity index (χ0n) is 9.49. The van der Waals surface area contributed by atoms with E-state index in [1.807, 2.05) is 0 Å². The first-order valence-corrected chi connectivity index (χ1v) is 5.12. The number of nitrogens with one attached hydrogen (secondary N) is 1. The predicted octanol–water partition coefficient (Wildman–Crippen LogP) is -1.16. The van der Waals surface area contributed by atoms with Crippen molar-refractivity contribution >= 4 is 0 Å². The van der Waals surface area contributed by atoms with Gasteiger partial charge >= 0.3 is 5.69 Å². The molecule has 98 valence electrons. The molecule has 0 bridgehead atoms. The van der Waals surface area contributed by atoms with Crippen LogP contribution in [0.3, 0.4) is 0 Å². The molecular weight excluding hydrogens is 244 g/mol. The molecule has 0 aromatic carbocycles. The van der Waals surface area contributed by atoms with Gasteiger partial charge < -0.3 is 19.7 Å². The molecule has 0 spiro atoms. The first-order chi connectivity index (χ1) is 8.58. The van der Waals surface area contributed by atoms with E-state index in [1.54, 1.807) is 0 Å². The van der Waals surface area contributed by atoms with E-state index in [0.29, 0.717) is 0 Å². The molecule has 0 fully saturated rings. The van der Waals surface area contributed by atoms with Crippen LogP contribution in [0.5, 0.6) is 0 Å². The van der Waals surface area contributed by atoms with Gasteiger partial charge in [-0.3, -0.25) is 14.3 Å². The standard InChI is InChI=1S/C10H12N2O6/c1-17-8-7(15)5(4-13)18-9(8)12-3-2-6(14)11-10(12)16/h2-3,8-9,13,15H,4H2,1H3,(H,11,14,16)/t8?,9-/m1/s1. The van der Waals surface area contributed by atoms with Crippen LogP contribution in [-0.2, 0) is 9.47 Å². The van der Waals surface area contributed by atoms with Crippen LogP contribution in [0.1, 0.15) is 6.23 Å². The summed E-state index contributed by atoms with van der Waals surface area (Å²) in [4.78, 5) is 24.6. The molecule has 2 atom stereocenters. The summed E-state index contributed by atoms with van der Waals surface area (Å²) in [5.41, 5.74) is -1.23. The lowest BCUT2D eigenvalue weighted by Gasteiger charge is -2.19. The zero-order valence-corrected chi connectivity index (χ0v) is 9.49. The number of nitrogens with zero attached hydrogens (tertiary/aromatic N) is 1. The minimum atomic E-state index is -0.971.